The molecule has 0 aliphatic rings. The Morgan fingerprint density at radius 3 is 2.71 bits per heavy atom. The first-order valence-electron chi connectivity index (χ1n) is 7.51. The predicted octanol–water partition coefficient (Wildman–Crippen LogP) is 3.20. The lowest BCUT2D eigenvalue weighted by atomic mass is 10.1. The fraction of sp³-hybridized carbons (Fsp3) is 0.562. The molecule has 0 aliphatic heterocycles. The zero-order chi connectivity index (χ0) is 15.7. The van der Waals surface area contributed by atoms with E-state index in [4.69, 9.17) is 0 Å². The number of nitrogens with one attached hydrogen (secondary N) is 1. The summed E-state index contributed by atoms with van der Waals surface area (Å²) in [5, 5.41) is 3.21. The number of hydrogen-bond donors (Lipinski definition) is 1. The normalized spacial score (nSPS) is 11.6. The second-order valence-electron chi connectivity index (χ2n) is 5.00. The van der Waals surface area contributed by atoms with Gasteiger partial charge in [0.1, 0.15) is 11.6 Å². The van der Waals surface area contributed by atoms with Gasteiger partial charge in [-0.05, 0) is 43.5 Å². The summed E-state index contributed by atoms with van der Waals surface area (Å²) >= 11 is 0. The molecule has 0 saturated carbocycles. The van der Waals surface area contributed by atoms with Crippen LogP contribution in [0.15, 0.2) is 23.2 Å². The summed E-state index contributed by atoms with van der Waals surface area (Å²) in [6.07, 6.45) is 2.61. The highest BCUT2D eigenvalue weighted by molar-refractivity contribution is 5.79. The van der Waals surface area contributed by atoms with Crippen LogP contribution in [0.4, 0.5) is 8.78 Å². The van der Waals surface area contributed by atoms with Crippen molar-refractivity contribution in [3.05, 3.63) is 35.4 Å². The van der Waals surface area contributed by atoms with Crippen LogP contribution in [-0.2, 0) is 6.42 Å². The van der Waals surface area contributed by atoms with Gasteiger partial charge in [0.2, 0.25) is 0 Å². The number of halogens is 2. The van der Waals surface area contributed by atoms with Gasteiger partial charge in [-0.15, -0.1) is 0 Å². The van der Waals surface area contributed by atoms with Crippen molar-refractivity contribution in [1.29, 1.82) is 0 Å². The van der Waals surface area contributed by atoms with Gasteiger partial charge >= 0.3 is 0 Å². The lowest BCUT2D eigenvalue weighted by Gasteiger charge is -2.21. The summed E-state index contributed by atoms with van der Waals surface area (Å²) in [5.74, 6) is 0.0149. The molecule has 0 spiro atoms. The van der Waals surface area contributed by atoms with Crippen LogP contribution in [0.2, 0.25) is 0 Å². The van der Waals surface area contributed by atoms with E-state index in [0.29, 0.717) is 18.5 Å². The third kappa shape index (κ3) is 6.10. The molecular weight excluding hydrogens is 272 g/mol. The molecule has 0 saturated heterocycles. The molecule has 0 aromatic heterocycles. The molecule has 0 radical (unpaired) electrons. The lowest BCUT2D eigenvalue weighted by molar-refractivity contribution is 0.465. The summed E-state index contributed by atoms with van der Waals surface area (Å²) < 4.78 is 26.6. The molecule has 1 rings (SSSR count). The van der Waals surface area contributed by atoms with Crippen LogP contribution in [0.3, 0.4) is 0 Å². The minimum Gasteiger partial charge on any atom is -0.357 e. The Bertz CT molecular complexity index is 461. The molecule has 118 valence electrons. The lowest BCUT2D eigenvalue weighted by Crippen LogP contribution is -2.39. The van der Waals surface area contributed by atoms with Gasteiger partial charge in [-0.3, -0.25) is 4.99 Å². The molecule has 3 nitrogen and oxygen atoms in total. The SMILES string of the molecule is CCCCN(C)C(=NCCc1cc(F)ccc1F)NCC. The van der Waals surface area contributed by atoms with Crippen molar-refractivity contribution in [2.24, 2.45) is 4.99 Å². The summed E-state index contributed by atoms with van der Waals surface area (Å²) in [7, 11) is 1.99. The van der Waals surface area contributed by atoms with Crippen molar-refractivity contribution in [3.63, 3.8) is 0 Å². The standard InChI is InChI=1S/C16H25F2N3/c1-4-6-11-21(3)16(19-5-2)20-10-9-13-12-14(17)7-8-15(13)18/h7-8,12H,4-6,9-11H2,1-3H3,(H,19,20). The van der Waals surface area contributed by atoms with Crippen LogP contribution in [0, 0.1) is 11.6 Å². The number of nitrogens with zero attached hydrogens (tertiary/aromatic N) is 2. The quantitative estimate of drug-likeness (QED) is 0.618. The highest BCUT2D eigenvalue weighted by Gasteiger charge is 2.06. The van der Waals surface area contributed by atoms with Crippen molar-refractivity contribution in [3.8, 4) is 0 Å². The number of rotatable bonds is 7. The van der Waals surface area contributed by atoms with Crippen molar-refractivity contribution in [2.75, 3.05) is 26.7 Å². The topological polar surface area (TPSA) is 27.6 Å². The van der Waals surface area contributed by atoms with Gasteiger partial charge in [-0.25, -0.2) is 8.78 Å². The molecule has 0 aliphatic carbocycles. The number of unbranched alkanes of at least 4 members (excludes halogenated alkanes) is 1. The Morgan fingerprint density at radius 1 is 1.29 bits per heavy atom. The third-order valence-electron chi connectivity index (χ3n) is 3.19. The van der Waals surface area contributed by atoms with Gasteiger partial charge in [0.25, 0.3) is 0 Å². The van der Waals surface area contributed by atoms with Gasteiger partial charge in [0, 0.05) is 26.7 Å². The second kappa shape index (κ2) is 9.32. The molecule has 1 N–H and O–H groups in total. The number of aliphatic imine (C=N–C) groups is 1. The van der Waals surface area contributed by atoms with Crippen LogP contribution >= 0.6 is 0 Å². The fourth-order valence-electron chi connectivity index (χ4n) is 1.99. The van der Waals surface area contributed by atoms with E-state index in [9.17, 15) is 8.78 Å². The van der Waals surface area contributed by atoms with Gasteiger partial charge in [0.05, 0.1) is 0 Å². The molecule has 0 heterocycles. The van der Waals surface area contributed by atoms with Crippen LogP contribution in [0.1, 0.15) is 32.3 Å². The van der Waals surface area contributed by atoms with Crippen LogP contribution in [-0.4, -0.2) is 37.5 Å². The molecular formula is C16H25F2N3. The molecule has 0 fully saturated rings. The summed E-state index contributed by atoms with van der Waals surface area (Å²) in [4.78, 5) is 6.54. The minimum absolute atomic E-state index is 0.366. The van der Waals surface area contributed by atoms with Gasteiger partial charge < -0.3 is 10.2 Å². The van der Waals surface area contributed by atoms with Crippen molar-refractivity contribution >= 4 is 5.96 Å². The van der Waals surface area contributed by atoms with Gasteiger partial charge in [-0.2, -0.15) is 0 Å². The Hall–Kier alpha value is -1.65. The first-order valence-corrected chi connectivity index (χ1v) is 7.51. The molecule has 1 aromatic rings. The minimum atomic E-state index is -0.414. The summed E-state index contributed by atoms with van der Waals surface area (Å²) in [6.45, 7) is 6.29. The first-order chi connectivity index (χ1) is 10.1. The maximum Gasteiger partial charge on any atom is 0.193 e. The van der Waals surface area contributed by atoms with Gasteiger partial charge in [-0.1, -0.05) is 13.3 Å². The fourth-order valence-corrected chi connectivity index (χ4v) is 1.99. The Balaban J connectivity index is 2.63. The molecule has 1 aromatic carbocycles. The molecule has 0 unspecified atom stereocenters. The number of guanidine groups is 1. The maximum absolute atomic E-state index is 13.5. The highest BCUT2D eigenvalue weighted by Crippen LogP contribution is 2.10. The van der Waals surface area contributed by atoms with E-state index < -0.39 is 5.82 Å². The van der Waals surface area contributed by atoms with E-state index in [2.05, 4.69) is 22.1 Å². The van der Waals surface area contributed by atoms with E-state index in [1.165, 1.54) is 6.07 Å². The molecule has 5 heteroatoms. The van der Waals surface area contributed by atoms with E-state index in [-0.39, 0.29) is 5.82 Å². The highest BCUT2D eigenvalue weighted by atomic mass is 19.1. The maximum atomic E-state index is 13.5. The molecule has 21 heavy (non-hydrogen) atoms. The Kier molecular flexibility index (Phi) is 7.72. The van der Waals surface area contributed by atoms with Crippen molar-refractivity contribution in [1.82, 2.24) is 10.2 Å². The first kappa shape index (κ1) is 17.4. The Labute approximate surface area is 126 Å². The molecule has 0 bridgehead atoms. The zero-order valence-corrected chi connectivity index (χ0v) is 13.1. The van der Waals surface area contributed by atoms with Gasteiger partial charge in [0.15, 0.2) is 5.96 Å². The third-order valence-corrected chi connectivity index (χ3v) is 3.19. The smallest absolute Gasteiger partial charge is 0.193 e. The summed E-state index contributed by atoms with van der Waals surface area (Å²) in [5.41, 5.74) is 0.366. The van der Waals surface area contributed by atoms with E-state index in [1.54, 1.807) is 0 Å². The number of benzene rings is 1. The largest absolute Gasteiger partial charge is 0.357 e. The Morgan fingerprint density at radius 2 is 2.05 bits per heavy atom. The predicted molar refractivity (Wildman–Crippen MR) is 83.6 cm³/mol. The van der Waals surface area contributed by atoms with Crippen molar-refractivity contribution < 1.29 is 8.78 Å². The van der Waals surface area contributed by atoms with E-state index >= 15 is 0 Å². The van der Waals surface area contributed by atoms with E-state index in [0.717, 1.165) is 44.0 Å². The molecule has 0 amide bonds. The van der Waals surface area contributed by atoms with Crippen LogP contribution < -0.4 is 5.32 Å². The monoisotopic (exact) mass is 297 g/mol. The zero-order valence-electron chi connectivity index (χ0n) is 13.1. The summed E-state index contributed by atoms with van der Waals surface area (Å²) in [6, 6.07) is 3.52. The number of hydrogen-bond acceptors (Lipinski definition) is 1. The average Bonchev–Trinajstić information content (AvgIpc) is 2.47. The van der Waals surface area contributed by atoms with E-state index in [1.807, 2.05) is 14.0 Å². The van der Waals surface area contributed by atoms with Crippen LogP contribution in [0.5, 0.6) is 0 Å². The average molecular weight is 297 g/mol. The molecule has 0 atom stereocenters. The van der Waals surface area contributed by atoms with Crippen molar-refractivity contribution in [2.45, 2.75) is 33.1 Å². The second-order valence-corrected chi connectivity index (χ2v) is 5.00. The van der Waals surface area contributed by atoms with Crippen LogP contribution in [0.25, 0.3) is 0 Å².